The van der Waals surface area contributed by atoms with Gasteiger partial charge < -0.3 is 9.64 Å². The molecule has 0 bridgehead atoms. The van der Waals surface area contributed by atoms with Gasteiger partial charge in [-0.05, 0) is 38.3 Å². The number of nitrogens with zero attached hydrogens (tertiary/aromatic N) is 4. The van der Waals surface area contributed by atoms with Crippen LogP contribution in [0.1, 0.15) is 44.4 Å². The summed E-state index contributed by atoms with van der Waals surface area (Å²) in [6.07, 6.45) is 0.289. The normalized spacial score (nSPS) is 23.3. The fraction of sp³-hybridized carbons (Fsp3) is 0.533. The van der Waals surface area contributed by atoms with Gasteiger partial charge in [0.1, 0.15) is 11.6 Å². The van der Waals surface area contributed by atoms with E-state index in [0.717, 1.165) is 38.5 Å². The predicted molar refractivity (Wildman–Crippen MR) is 152 cm³/mol. The van der Waals surface area contributed by atoms with Crippen LogP contribution in [-0.4, -0.2) is 100 Å². The van der Waals surface area contributed by atoms with Crippen LogP contribution in [0.4, 0.5) is 4.79 Å². The van der Waals surface area contributed by atoms with Crippen LogP contribution in [0.2, 0.25) is 0 Å². The molecule has 0 saturated carbocycles. The van der Waals surface area contributed by atoms with E-state index in [-0.39, 0.29) is 24.1 Å². The molecule has 0 N–H and O–H groups in total. The molecular weight excluding hydrogens is 496 g/mol. The Hall–Kier alpha value is -2.55. The minimum atomic E-state index is -0.595. The average molecular weight is 537 g/mol. The maximum absolute atomic E-state index is 13.4. The molecule has 2 atom stereocenters. The maximum atomic E-state index is 13.4. The molecule has 204 valence electrons. The molecule has 3 saturated heterocycles. The highest BCUT2D eigenvalue weighted by Crippen LogP contribution is 2.32. The monoisotopic (exact) mass is 536 g/mol. The Kier molecular flexibility index (Phi) is 8.31. The summed E-state index contributed by atoms with van der Waals surface area (Å²) >= 11 is 1.77. The van der Waals surface area contributed by atoms with E-state index in [4.69, 9.17) is 4.74 Å². The molecule has 0 aromatic heterocycles. The third-order valence-electron chi connectivity index (χ3n) is 7.72. The van der Waals surface area contributed by atoms with Gasteiger partial charge in [0.25, 0.3) is 0 Å². The number of likely N-dealkylation sites (tertiary alicyclic amines) is 1. The molecule has 0 aliphatic carbocycles. The van der Waals surface area contributed by atoms with Gasteiger partial charge in [0.05, 0.1) is 11.9 Å². The van der Waals surface area contributed by atoms with E-state index in [1.165, 1.54) is 11.1 Å². The lowest BCUT2D eigenvalue weighted by Gasteiger charge is -2.41. The molecule has 0 spiro atoms. The second kappa shape index (κ2) is 11.7. The highest BCUT2D eigenvalue weighted by molar-refractivity contribution is 7.99. The fourth-order valence-electron chi connectivity index (χ4n) is 5.88. The first-order valence-corrected chi connectivity index (χ1v) is 14.9. The standard InChI is InChI=1S/C30H40N4O3S/c1-30(2,3)37-29(36)34-21-25(20-26(34)28(35)33-18-19-38-22-33)31-14-16-32(17-15-31)27(23-10-6-4-7-11-23)24-12-8-5-9-13-24/h4-13,25-27H,14-22H2,1-3H3/t25-,26-/m0/s1. The molecule has 2 aromatic rings. The van der Waals surface area contributed by atoms with Gasteiger partial charge in [-0.1, -0.05) is 60.7 Å². The molecular formula is C30H40N4O3S. The van der Waals surface area contributed by atoms with Gasteiger partial charge in [0.2, 0.25) is 5.91 Å². The summed E-state index contributed by atoms with van der Waals surface area (Å²) in [5.41, 5.74) is 2.01. The zero-order valence-electron chi connectivity index (χ0n) is 22.8. The largest absolute Gasteiger partial charge is 0.444 e. The maximum Gasteiger partial charge on any atom is 0.411 e. The van der Waals surface area contributed by atoms with Crippen molar-refractivity contribution in [2.75, 3.05) is 50.9 Å². The third-order valence-corrected chi connectivity index (χ3v) is 8.68. The quantitative estimate of drug-likeness (QED) is 0.568. The van der Waals surface area contributed by atoms with Crippen LogP contribution in [0.25, 0.3) is 0 Å². The van der Waals surface area contributed by atoms with Crippen molar-refractivity contribution in [3.8, 4) is 0 Å². The summed E-state index contributed by atoms with van der Waals surface area (Å²) in [6.45, 7) is 10.6. The Bertz CT molecular complexity index is 1040. The molecule has 3 heterocycles. The zero-order valence-corrected chi connectivity index (χ0v) is 23.6. The molecule has 3 aliphatic rings. The summed E-state index contributed by atoms with van der Waals surface area (Å²) in [5, 5.41) is 0. The van der Waals surface area contributed by atoms with Gasteiger partial charge in [-0.3, -0.25) is 19.5 Å². The number of hydrogen-bond acceptors (Lipinski definition) is 6. The van der Waals surface area contributed by atoms with Crippen LogP contribution in [0.15, 0.2) is 60.7 Å². The molecule has 38 heavy (non-hydrogen) atoms. The lowest BCUT2D eigenvalue weighted by molar-refractivity contribution is -0.134. The van der Waals surface area contributed by atoms with Gasteiger partial charge in [-0.25, -0.2) is 4.79 Å². The molecule has 2 amide bonds. The number of carbonyl (C=O) groups excluding carboxylic acids is 2. The molecule has 2 aromatic carbocycles. The van der Waals surface area contributed by atoms with Gasteiger partial charge in [0.15, 0.2) is 0 Å². The first kappa shape index (κ1) is 27.0. The van der Waals surface area contributed by atoms with Crippen LogP contribution in [0, 0.1) is 0 Å². The second-order valence-electron chi connectivity index (χ2n) is 11.5. The van der Waals surface area contributed by atoms with Crippen molar-refractivity contribution in [2.45, 2.75) is 50.9 Å². The van der Waals surface area contributed by atoms with E-state index >= 15 is 0 Å². The lowest BCUT2D eigenvalue weighted by atomic mass is 9.96. The van der Waals surface area contributed by atoms with Crippen molar-refractivity contribution in [1.29, 1.82) is 0 Å². The number of ether oxygens (including phenoxy) is 1. The van der Waals surface area contributed by atoms with E-state index in [0.29, 0.717) is 18.8 Å². The summed E-state index contributed by atoms with van der Waals surface area (Å²) in [5.74, 6) is 1.73. The fourth-order valence-corrected chi connectivity index (χ4v) is 6.83. The first-order valence-electron chi connectivity index (χ1n) is 13.7. The van der Waals surface area contributed by atoms with E-state index in [1.54, 1.807) is 16.7 Å². The minimum Gasteiger partial charge on any atom is -0.444 e. The lowest BCUT2D eigenvalue weighted by Crippen LogP contribution is -2.52. The van der Waals surface area contributed by atoms with Crippen molar-refractivity contribution in [2.24, 2.45) is 0 Å². The van der Waals surface area contributed by atoms with Crippen molar-refractivity contribution in [3.63, 3.8) is 0 Å². The highest BCUT2D eigenvalue weighted by atomic mass is 32.2. The molecule has 0 unspecified atom stereocenters. The van der Waals surface area contributed by atoms with Gasteiger partial charge >= 0.3 is 6.09 Å². The van der Waals surface area contributed by atoms with Gasteiger partial charge in [-0.15, -0.1) is 11.8 Å². The number of hydrogen-bond donors (Lipinski definition) is 0. The van der Waals surface area contributed by atoms with Crippen LogP contribution in [-0.2, 0) is 9.53 Å². The molecule has 5 rings (SSSR count). The van der Waals surface area contributed by atoms with Crippen LogP contribution in [0.3, 0.4) is 0 Å². The molecule has 7 nitrogen and oxygen atoms in total. The SMILES string of the molecule is CC(C)(C)OC(=O)N1C[C@@H](N2CCN(C(c3ccccc3)c3ccccc3)CC2)C[C@H]1C(=O)N1CCSC1. The van der Waals surface area contributed by atoms with Crippen molar-refractivity contribution < 1.29 is 14.3 Å². The second-order valence-corrected chi connectivity index (χ2v) is 12.5. The highest BCUT2D eigenvalue weighted by Gasteiger charge is 2.45. The number of amides is 2. The summed E-state index contributed by atoms with van der Waals surface area (Å²) < 4.78 is 5.73. The van der Waals surface area contributed by atoms with Crippen LogP contribution < -0.4 is 0 Å². The number of rotatable bonds is 5. The predicted octanol–water partition coefficient (Wildman–Crippen LogP) is 4.30. The Morgan fingerprint density at radius 3 is 2.03 bits per heavy atom. The number of benzene rings is 2. The minimum absolute atomic E-state index is 0.0650. The summed E-state index contributed by atoms with van der Waals surface area (Å²) in [4.78, 5) is 35.3. The molecule has 3 aliphatic heterocycles. The first-order chi connectivity index (χ1) is 18.3. The van der Waals surface area contributed by atoms with E-state index in [9.17, 15) is 9.59 Å². The van der Waals surface area contributed by atoms with E-state index < -0.39 is 11.6 Å². The smallest absolute Gasteiger partial charge is 0.411 e. The van der Waals surface area contributed by atoms with Crippen LogP contribution in [0.5, 0.6) is 0 Å². The zero-order chi connectivity index (χ0) is 26.7. The summed E-state index contributed by atoms with van der Waals surface area (Å²) in [7, 11) is 0. The number of thioether (sulfide) groups is 1. The summed E-state index contributed by atoms with van der Waals surface area (Å²) in [6, 6.07) is 21.4. The van der Waals surface area contributed by atoms with E-state index in [1.807, 2.05) is 25.7 Å². The average Bonchev–Trinajstić information content (AvgIpc) is 3.60. The van der Waals surface area contributed by atoms with E-state index in [2.05, 4.69) is 70.5 Å². The third kappa shape index (κ3) is 6.19. The number of carbonyl (C=O) groups is 2. The van der Waals surface area contributed by atoms with Gasteiger partial charge in [-0.2, -0.15) is 0 Å². The molecule has 3 fully saturated rings. The Morgan fingerprint density at radius 1 is 0.895 bits per heavy atom. The molecule has 0 radical (unpaired) electrons. The topological polar surface area (TPSA) is 56.3 Å². The Balaban J connectivity index is 1.29. The van der Waals surface area contributed by atoms with Crippen molar-refractivity contribution >= 4 is 23.8 Å². The Labute approximate surface area is 231 Å². The number of piperazine rings is 1. The molecule has 8 heteroatoms. The van der Waals surface area contributed by atoms with Crippen LogP contribution >= 0.6 is 11.8 Å². The Morgan fingerprint density at radius 2 is 1.50 bits per heavy atom. The van der Waals surface area contributed by atoms with Crippen molar-refractivity contribution in [1.82, 2.24) is 19.6 Å². The van der Waals surface area contributed by atoms with Crippen molar-refractivity contribution in [3.05, 3.63) is 71.8 Å². The van der Waals surface area contributed by atoms with Gasteiger partial charge in [0, 0.05) is 51.1 Å².